The lowest BCUT2D eigenvalue weighted by molar-refractivity contribution is 0.123. The first kappa shape index (κ1) is 13.6. The van der Waals surface area contributed by atoms with E-state index >= 15 is 0 Å². The van der Waals surface area contributed by atoms with Gasteiger partial charge in [-0.2, -0.15) is 0 Å². The van der Waals surface area contributed by atoms with E-state index in [4.69, 9.17) is 9.26 Å². The average molecular weight is 271 g/mol. The van der Waals surface area contributed by atoms with E-state index in [1.165, 1.54) is 0 Å². The van der Waals surface area contributed by atoms with Crippen molar-refractivity contribution in [2.24, 2.45) is 0 Å². The predicted octanol–water partition coefficient (Wildman–Crippen LogP) is 1.37. The second kappa shape index (κ2) is 5.85. The van der Waals surface area contributed by atoms with Crippen LogP contribution in [0.5, 0.6) is 0 Å². The molecule has 5 nitrogen and oxygen atoms in total. The van der Waals surface area contributed by atoms with Crippen molar-refractivity contribution in [3.05, 3.63) is 24.3 Å². The van der Waals surface area contributed by atoms with Gasteiger partial charge in [0.2, 0.25) is 0 Å². The van der Waals surface area contributed by atoms with E-state index in [2.05, 4.69) is 4.90 Å². The Kier molecular flexibility index (Phi) is 4.40. The molecule has 1 N–H and O–H groups in total. The Morgan fingerprint density at radius 3 is 2.72 bits per heavy atom. The Bertz CT molecular complexity index is 445. The molecule has 0 radical (unpaired) electrons. The first-order chi connectivity index (χ1) is 8.65. The summed E-state index contributed by atoms with van der Waals surface area (Å²) in [6.07, 6.45) is 0. The van der Waals surface area contributed by atoms with Crippen molar-refractivity contribution in [3.8, 4) is 0 Å². The van der Waals surface area contributed by atoms with Gasteiger partial charge in [-0.25, -0.2) is 0 Å². The van der Waals surface area contributed by atoms with Crippen molar-refractivity contribution >= 4 is 18.6 Å². The Morgan fingerprint density at radius 1 is 1.39 bits per heavy atom. The molecule has 0 aromatic heterocycles. The van der Waals surface area contributed by atoms with Gasteiger partial charge >= 0.3 is 7.60 Å². The highest BCUT2D eigenvalue weighted by Crippen LogP contribution is 2.43. The molecule has 0 amide bonds. The van der Waals surface area contributed by atoms with E-state index in [1.807, 2.05) is 12.1 Å². The Morgan fingerprint density at radius 2 is 2.06 bits per heavy atom. The van der Waals surface area contributed by atoms with Gasteiger partial charge in [0.15, 0.2) is 0 Å². The zero-order valence-corrected chi connectivity index (χ0v) is 11.3. The van der Waals surface area contributed by atoms with Crippen LogP contribution in [0.2, 0.25) is 0 Å². The lowest BCUT2D eigenvalue weighted by atomic mass is 10.2. The molecule has 1 aliphatic rings. The molecular weight excluding hydrogens is 253 g/mol. The van der Waals surface area contributed by atoms with Gasteiger partial charge < -0.3 is 19.1 Å². The van der Waals surface area contributed by atoms with Gasteiger partial charge in [0.05, 0.1) is 30.8 Å². The molecule has 0 spiro atoms. The highest BCUT2D eigenvalue weighted by molar-refractivity contribution is 7.61. The third-order valence-electron chi connectivity index (χ3n) is 2.84. The summed E-state index contributed by atoms with van der Waals surface area (Å²) < 4.78 is 22.4. The fourth-order valence-electron chi connectivity index (χ4n) is 2.02. The molecule has 1 fully saturated rings. The SMILES string of the molecule is CCOP(=O)(O)c1ccccc1N1CCOCC1. The van der Waals surface area contributed by atoms with Crippen LogP contribution in [0.4, 0.5) is 5.69 Å². The second-order valence-electron chi connectivity index (χ2n) is 4.03. The number of nitrogens with zero attached hydrogens (tertiary/aromatic N) is 1. The highest BCUT2D eigenvalue weighted by Gasteiger charge is 2.27. The molecule has 1 atom stereocenters. The summed E-state index contributed by atoms with van der Waals surface area (Å²) in [6.45, 7) is 4.65. The van der Waals surface area contributed by atoms with Crippen LogP contribution >= 0.6 is 7.60 Å². The predicted molar refractivity (Wildman–Crippen MR) is 70.6 cm³/mol. The molecule has 2 rings (SSSR count). The minimum Gasteiger partial charge on any atom is -0.378 e. The zero-order valence-electron chi connectivity index (χ0n) is 10.4. The quantitative estimate of drug-likeness (QED) is 0.838. The van der Waals surface area contributed by atoms with Gasteiger partial charge in [-0.15, -0.1) is 0 Å². The maximum absolute atomic E-state index is 12.2. The van der Waals surface area contributed by atoms with Gasteiger partial charge in [-0.05, 0) is 19.1 Å². The molecule has 6 heteroatoms. The third kappa shape index (κ3) is 2.93. The normalized spacial score (nSPS) is 19.6. The van der Waals surface area contributed by atoms with E-state index in [0.29, 0.717) is 18.5 Å². The van der Waals surface area contributed by atoms with Crippen LogP contribution in [-0.2, 0) is 13.8 Å². The van der Waals surface area contributed by atoms with Crippen molar-refractivity contribution in [1.82, 2.24) is 0 Å². The molecule has 1 aliphatic heterocycles. The van der Waals surface area contributed by atoms with Crippen molar-refractivity contribution in [2.45, 2.75) is 6.92 Å². The van der Waals surface area contributed by atoms with Crippen molar-refractivity contribution in [3.63, 3.8) is 0 Å². The number of hydrogen-bond acceptors (Lipinski definition) is 4. The lowest BCUT2D eigenvalue weighted by Gasteiger charge is -2.31. The summed E-state index contributed by atoms with van der Waals surface area (Å²) in [5.41, 5.74) is 0.764. The summed E-state index contributed by atoms with van der Waals surface area (Å²) in [6, 6.07) is 7.12. The summed E-state index contributed by atoms with van der Waals surface area (Å²) in [7, 11) is -3.73. The van der Waals surface area contributed by atoms with E-state index in [0.717, 1.165) is 18.8 Å². The number of hydrogen-bond donors (Lipinski definition) is 1. The number of para-hydroxylation sites is 1. The van der Waals surface area contributed by atoms with Crippen molar-refractivity contribution < 1.29 is 18.7 Å². The van der Waals surface area contributed by atoms with E-state index in [-0.39, 0.29) is 6.61 Å². The molecular formula is C12H18NO4P. The Labute approximate surface area is 107 Å². The number of benzene rings is 1. The molecule has 1 unspecified atom stereocenters. The van der Waals surface area contributed by atoms with Gasteiger partial charge in [0.25, 0.3) is 0 Å². The summed E-state index contributed by atoms with van der Waals surface area (Å²) in [4.78, 5) is 12.0. The third-order valence-corrected chi connectivity index (χ3v) is 4.44. The Hall–Kier alpha value is -0.870. The largest absolute Gasteiger partial charge is 0.378 e. The van der Waals surface area contributed by atoms with Gasteiger partial charge in [0, 0.05) is 13.1 Å². The van der Waals surface area contributed by atoms with E-state index in [9.17, 15) is 9.46 Å². The maximum Gasteiger partial charge on any atom is 0.360 e. The van der Waals surface area contributed by atoms with E-state index < -0.39 is 7.60 Å². The van der Waals surface area contributed by atoms with Crippen LogP contribution in [-0.4, -0.2) is 37.8 Å². The molecule has 0 bridgehead atoms. The van der Waals surface area contributed by atoms with Crippen LogP contribution < -0.4 is 10.2 Å². The number of morpholine rings is 1. The fraction of sp³-hybridized carbons (Fsp3) is 0.500. The first-order valence-corrected chi connectivity index (χ1v) is 7.62. The molecule has 18 heavy (non-hydrogen) atoms. The topological polar surface area (TPSA) is 59.0 Å². The van der Waals surface area contributed by atoms with Gasteiger partial charge in [-0.3, -0.25) is 4.57 Å². The number of ether oxygens (including phenoxy) is 1. The summed E-state index contributed by atoms with van der Waals surface area (Å²) >= 11 is 0. The monoisotopic (exact) mass is 271 g/mol. The molecule has 0 saturated carbocycles. The summed E-state index contributed by atoms with van der Waals surface area (Å²) in [5.74, 6) is 0. The van der Waals surface area contributed by atoms with Crippen LogP contribution in [0, 0.1) is 0 Å². The average Bonchev–Trinajstić information content (AvgIpc) is 2.40. The minimum absolute atomic E-state index is 0.214. The number of rotatable bonds is 4. The van der Waals surface area contributed by atoms with Crippen molar-refractivity contribution in [2.75, 3.05) is 37.8 Å². The van der Waals surface area contributed by atoms with Gasteiger partial charge in [0.1, 0.15) is 0 Å². The smallest absolute Gasteiger partial charge is 0.360 e. The fourth-order valence-corrected chi connectivity index (χ4v) is 3.29. The Balaban J connectivity index is 2.33. The maximum atomic E-state index is 12.2. The number of anilines is 1. The zero-order chi connectivity index (χ0) is 13.0. The molecule has 1 saturated heterocycles. The highest BCUT2D eigenvalue weighted by atomic mass is 31.2. The first-order valence-electron chi connectivity index (χ1n) is 6.05. The van der Waals surface area contributed by atoms with Crippen LogP contribution in [0.15, 0.2) is 24.3 Å². The van der Waals surface area contributed by atoms with Crippen LogP contribution in [0.3, 0.4) is 0 Å². The van der Waals surface area contributed by atoms with E-state index in [1.54, 1.807) is 19.1 Å². The van der Waals surface area contributed by atoms with Crippen LogP contribution in [0.25, 0.3) is 0 Å². The molecule has 100 valence electrons. The second-order valence-corrected chi connectivity index (χ2v) is 5.81. The molecule has 1 aromatic carbocycles. The molecule has 1 heterocycles. The lowest BCUT2D eigenvalue weighted by Crippen LogP contribution is -2.38. The molecule has 1 aromatic rings. The van der Waals surface area contributed by atoms with Crippen molar-refractivity contribution in [1.29, 1.82) is 0 Å². The van der Waals surface area contributed by atoms with Crippen LogP contribution in [0.1, 0.15) is 6.92 Å². The standard InChI is InChI=1S/C12H18NO4P/c1-2-17-18(14,15)12-6-4-3-5-11(12)13-7-9-16-10-8-13/h3-6H,2,7-10H2,1H3,(H,14,15). The van der Waals surface area contributed by atoms with Gasteiger partial charge in [-0.1, -0.05) is 12.1 Å². The molecule has 0 aliphatic carbocycles. The minimum atomic E-state index is -3.73. The summed E-state index contributed by atoms with van der Waals surface area (Å²) in [5, 5.41) is 0.369.